The van der Waals surface area contributed by atoms with Gasteiger partial charge in [0.1, 0.15) is 0 Å². The molecule has 0 radical (unpaired) electrons. The van der Waals surface area contributed by atoms with Crippen molar-refractivity contribution in [1.29, 1.82) is 0 Å². The maximum atomic E-state index is 12.3. The minimum absolute atomic E-state index is 0.0268. The van der Waals surface area contributed by atoms with Crippen molar-refractivity contribution in [2.75, 3.05) is 13.6 Å². The first-order chi connectivity index (χ1) is 7.72. The quantitative estimate of drug-likeness (QED) is 0.719. The van der Waals surface area contributed by atoms with Gasteiger partial charge < -0.3 is 10.2 Å². The Bertz CT molecular complexity index is 288. The molecule has 3 heteroatoms. The molecule has 16 heavy (non-hydrogen) atoms. The van der Waals surface area contributed by atoms with Crippen LogP contribution < -0.4 is 5.32 Å². The first kappa shape index (κ1) is 11.6. The van der Waals surface area contributed by atoms with E-state index in [1.807, 2.05) is 7.05 Å². The van der Waals surface area contributed by atoms with Crippen molar-refractivity contribution >= 4 is 5.91 Å². The molecule has 1 N–H and O–H groups in total. The first-order valence-electron chi connectivity index (χ1n) is 6.36. The van der Waals surface area contributed by atoms with Crippen molar-refractivity contribution in [1.82, 2.24) is 10.2 Å². The number of carbonyl (C=O) groups is 1. The van der Waals surface area contributed by atoms with Gasteiger partial charge in [0.2, 0.25) is 5.91 Å². The topological polar surface area (TPSA) is 32.3 Å². The largest absolute Gasteiger partial charge is 0.335 e. The molecular weight excluding hydrogens is 200 g/mol. The molecule has 1 aliphatic heterocycles. The van der Waals surface area contributed by atoms with Crippen molar-refractivity contribution in [2.45, 2.75) is 44.7 Å². The van der Waals surface area contributed by atoms with Crippen LogP contribution in [0.5, 0.6) is 0 Å². The average molecular weight is 222 g/mol. The number of likely N-dealkylation sites (tertiary alicyclic amines) is 1. The smallest absolute Gasteiger partial charge is 0.240 e. The van der Waals surface area contributed by atoms with Crippen LogP contribution in [-0.2, 0) is 4.79 Å². The minimum atomic E-state index is 0.0268. The van der Waals surface area contributed by atoms with Crippen LogP contribution in [0.3, 0.4) is 0 Å². The Kier molecular flexibility index (Phi) is 3.64. The van der Waals surface area contributed by atoms with Crippen molar-refractivity contribution in [3.05, 3.63) is 12.2 Å². The van der Waals surface area contributed by atoms with Crippen LogP contribution in [0.4, 0.5) is 0 Å². The van der Waals surface area contributed by atoms with Crippen molar-refractivity contribution in [3.8, 4) is 0 Å². The van der Waals surface area contributed by atoms with Crippen molar-refractivity contribution in [3.63, 3.8) is 0 Å². The van der Waals surface area contributed by atoms with Gasteiger partial charge in [-0.05, 0) is 38.6 Å². The lowest BCUT2D eigenvalue weighted by atomic mass is 10.0. The summed E-state index contributed by atoms with van der Waals surface area (Å²) in [6, 6.07) is 0.378. The molecule has 3 atom stereocenters. The molecule has 1 heterocycles. The first-order valence-corrected chi connectivity index (χ1v) is 6.36. The van der Waals surface area contributed by atoms with Crippen LogP contribution in [0.1, 0.15) is 32.6 Å². The highest BCUT2D eigenvalue weighted by Gasteiger charge is 2.32. The van der Waals surface area contributed by atoms with E-state index in [2.05, 4.69) is 29.3 Å². The number of hydrogen-bond donors (Lipinski definition) is 1. The molecule has 1 saturated heterocycles. The van der Waals surface area contributed by atoms with E-state index in [-0.39, 0.29) is 6.04 Å². The molecule has 0 spiro atoms. The molecule has 2 rings (SSSR count). The summed E-state index contributed by atoms with van der Waals surface area (Å²) >= 11 is 0. The number of amides is 1. The van der Waals surface area contributed by atoms with Gasteiger partial charge >= 0.3 is 0 Å². The average Bonchev–Trinajstić information content (AvgIpc) is 2.75. The number of likely N-dealkylation sites (N-methyl/N-ethyl adjacent to an activating group) is 1. The maximum Gasteiger partial charge on any atom is 0.240 e. The van der Waals surface area contributed by atoms with E-state index in [0.29, 0.717) is 17.9 Å². The summed E-state index contributed by atoms with van der Waals surface area (Å²) in [5.74, 6) is 0.916. The zero-order valence-electron chi connectivity index (χ0n) is 10.3. The maximum absolute atomic E-state index is 12.3. The number of nitrogens with zero attached hydrogens (tertiary/aromatic N) is 1. The van der Waals surface area contributed by atoms with Crippen molar-refractivity contribution < 1.29 is 4.79 Å². The van der Waals surface area contributed by atoms with Crippen LogP contribution >= 0.6 is 0 Å². The molecule has 0 aromatic carbocycles. The molecule has 90 valence electrons. The fourth-order valence-electron chi connectivity index (χ4n) is 2.73. The van der Waals surface area contributed by atoms with E-state index in [9.17, 15) is 4.79 Å². The van der Waals surface area contributed by atoms with Crippen LogP contribution in [-0.4, -0.2) is 36.5 Å². The summed E-state index contributed by atoms with van der Waals surface area (Å²) in [4.78, 5) is 14.4. The number of rotatable bonds is 2. The molecule has 3 nitrogen and oxygen atoms in total. The van der Waals surface area contributed by atoms with Gasteiger partial charge in [-0.25, -0.2) is 0 Å². The van der Waals surface area contributed by atoms with Crippen LogP contribution in [0.2, 0.25) is 0 Å². The minimum Gasteiger partial charge on any atom is -0.335 e. The number of nitrogens with one attached hydrogen (secondary N) is 1. The van der Waals surface area contributed by atoms with Gasteiger partial charge in [-0.15, -0.1) is 0 Å². The lowest BCUT2D eigenvalue weighted by molar-refractivity contribution is -0.134. The van der Waals surface area contributed by atoms with E-state index in [4.69, 9.17) is 0 Å². The molecule has 0 aromatic heterocycles. The highest BCUT2D eigenvalue weighted by atomic mass is 16.2. The van der Waals surface area contributed by atoms with Gasteiger partial charge in [-0.2, -0.15) is 0 Å². The molecule has 3 unspecified atom stereocenters. The molecule has 0 saturated carbocycles. The highest BCUT2D eigenvalue weighted by molar-refractivity contribution is 5.82. The van der Waals surface area contributed by atoms with Gasteiger partial charge in [-0.1, -0.05) is 19.1 Å². The van der Waals surface area contributed by atoms with Crippen LogP contribution in [0.15, 0.2) is 12.2 Å². The van der Waals surface area contributed by atoms with Gasteiger partial charge in [-0.3, -0.25) is 4.79 Å². The third kappa shape index (κ3) is 2.29. The summed E-state index contributed by atoms with van der Waals surface area (Å²) < 4.78 is 0. The summed E-state index contributed by atoms with van der Waals surface area (Å²) in [5.41, 5.74) is 0. The monoisotopic (exact) mass is 222 g/mol. The van der Waals surface area contributed by atoms with Crippen molar-refractivity contribution in [2.24, 2.45) is 5.92 Å². The summed E-state index contributed by atoms with van der Waals surface area (Å²) in [6.45, 7) is 3.17. The van der Waals surface area contributed by atoms with Gasteiger partial charge in [0.15, 0.2) is 0 Å². The number of hydrogen-bond acceptors (Lipinski definition) is 2. The number of allylic oxidation sites excluding steroid dienone is 1. The zero-order valence-corrected chi connectivity index (χ0v) is 10.3. The third-order valence-corrected chi connectivity index (χ3v) is 3.77. The Balaban J connectivity index is 2.12. The molecule has 1 fully saturated rings. The second kappa shape index (κ2) is 5.00. The fraction of sp³-hybridized carbons (Fsp3) is 0.769. The Morgan fingerprint density at radius 1 is 1.38 bits per heavy atom. The van der Waals surface area contributed by atoms with Gasteiger partial charge in [0.05, 0.1) is 12.1 Å². The Morgan fingerprint density at radius 2 is 2.19 bits per heavy atom. The third-order valence-electron chi connectivity index (χ3n) is 3.77. The second-order valence-corrected chi connectivity index (χ2v) is 5.09. The standard InChI is InChI=1S/C13H22N2O/c1-10-7-8-12(14-2)13(16)15(9-10)11-5-3-4-6-11/h3,5,10-12,14H,4,6-9H2,1-2H3. The Morgan fingerprint density at radius 3 is 2.81 bits per heavy atom. The van der Waals surface area contributed by atoms with Crippen LogP contribution in [0.25, 0.3) is 0 Å². The molecule has 0 bridgehead atoms. The van der Waals surface area contributed by atoms with E-state index in [1.54, 1.807) is 0 Å². The van der Waals surface area contributed by atoms with E-state index in [1.165, 1.54) is 0 Å². The zero-order chi connectivity index (χ0) is 11.5. The number of carbonyl (C=O) groups excluding carboxylic acids is 1. The predicted molar refractivity (Wildman–Crippen MR) is 65.1 cm³/mol. The summed E-state index contributed by atoms with van der Waals surface area (Å²) in [6.07, 6.45) is 8.74. The van der Waals surface area contributed by atoms with E-state index >= 15 is 0 Å². The molecule has 1 aliphatic carbocycles. The lowest BCUT2D eigenvalue weighted by Crippen LogP contribution is -2.48. The normalized spacial score (nSPS) is 35.5. The highest BCUT2D eigenvalue weighted by Crippen LogP contribution is 2.24. The molecule has 2 aliphatic rings. The second-order valence-electron chi connectivity index (χ2n) is 5.09. The van der Waals surface area contributed by atoms with Gasteiger partial charge in [0, 0.05) is 6.54 Å². The lowest BCUT2D eigenvalue weighted by Gasteiger charge is -2.30. The Labute approximate surface area is 97.9 Å². The van der Waals surface area contributed by atoms with E-state index in [0.717, 1.165) is 32.2 Å². The fourth-order valence-corrected chi connectivity index (χ4v) is 2.73. The summed E-state index contributed by atoms with van der Waals surface area (Å²) in [7, 11) is 1.89. The Hall–Kier alpha value is -0.830. The SMILES string of the molecule is CNC1CCC(C)CN(C2C=CCC2)C1=O. The van der Waals surface area contributed by atoms with E-state index < -0.39 is 0 Å². The van der Waals surface area contributed by atoms with Gasteiger partial charge in [0.25, 0.3) is 0 Å². The molecule has 0 aromatic rings. The summed E-state index contributed by atoms with van der Waals surface area (Å²) in [5, 5.41) is 3.15. The predicted octanol–water partition coefficient (Wildman–Crippen LogP) is 1.55. The molecular formula is C13H22N2O. The molecule has 1 amide bonds. The van der Waals surface area contributed by atoms with Crippen LogP contribution in [0, 0.1) is 5.92 Å².